The maximum Gasteiger partial charge on any atom is 0.122 e. The minimum absolute atomic E-state index is 0.482. The van der Waals surface area contributed by atoms with Gasteiger partial charge in [0.15, 0.2) is 0 Å². The molecule has 0 atom stereocenters. The van der Waals surface area contributed by atoms with Crippen LogP contribution in [0.25, 0.3) is 0 Å². The average molecular weight is 263 g/mol. The molecule has 1 aliphatic heterocycles. The minimum Gasteiger partial charge on any atom is -0.496 e. The first-order chi connectivity index (χ1) is 9.10. The van der Waals surface area contributed by atoms with Gasteiger partial charge in [-0.05, 0) is 23.1 Å². The number of hydrogen-bond acceptors (Lipinski definition) is 4. The molecule has 2 N–H and O–H groups in total. The van der Waals surface area contributed by atoms with E-state index in [0.29, 0.717) is 5.92 Å². The Morgan fingerprint density at radius 2 is 1.89 bits per heavy atom. The molecule has 0 saturated carbocycles. The van der Waals surface area contributed by atoms with E-state index in [1.54, 1.807) is 7.11 Å². The first kappa shape index (κ1) is 14.3. The topological polar surface area (TPSA) is 41.7 Å². The molecule has 4 heteroatoms. The second kappa shape index (κ2) is 6.37. The SMILES string of the molecule is COc1ccc(CN2CCN(N)CC2)cc1C(C)C. The van der Waals surface area contributed by atoms with Crippen LogP contribution in [-0.4, -0.2) is 43.2 Å². The first-order valence-electron chi connectivity index (χ1n) is 6.99. The zero-order valence-corrected chi connectivity index (χ0v) is 12.2. The van der Waals surface area contributed by atoms with Gasteiger partial charge in [0.25, 0.3) is 0 Å². The van der Waals surface area contributed by atoms with Crippen LogP contribution in [0.5, 0.6) is 5.75 Å². The summed E-state index contributed by atoms with van der Waals surface area (Å²) in [4.78, 5) is 2.45. The van der Waals surface area contributed by atoms with Crippen molar-refractivity contribution in [3.8, 4) is 5.75 Å². The Morgan fingerprint density at radius 3 is 2.47 bits per heavy atom. The molecule has 1 heterocycles. The van der Waals surface area contributed by atoms with Crippen LogP contribution >= 0.6 is 0 Å². The molecule has 0 aromatic heterocycles. The minimum atomic E-state index is 0.482. The Kier molecular flexibility index (Phi) is 4.80. The molecule has 1 saturated heterocycles. The van der Waals surface area contributed by atoms with Gasteiger partial charge in [0.05, 0.1) is 7.11 Å². The highest BCUT2D eigenvalue weighted by Crippen LogP contribution is 2.27. The molecule has 19 heavy (non-hydrogen) atoms. The van der Waals surface area contributed by atoms with E-state index in [4.69, 9.17) is 10.6 Å². The highest BCUT2D eigenvalue weighted by Gasteiger charge is 2.15. The molecular weight excluding hydrogens is 238 g/mol. The van der Waals surface area contributed by atoms with E-state index in [1.807, 2.05) is 5.01 Å². The van der Waals surface area contributed by atoms with E-state index < -0.39 is 0 Å². The van der Waals surface area contributed by atoms with Crippen LogP contribution in [0.4, 0.5) is 0 Å². The number of hydrazine groups is 1. The lowest BCUT2D eigenvalue weighted by Crippen LogP contribution is -2.48. The van der Waals surface area contributed by atoms with Crippen molar-refractivity contribution >= 4 is 0 Å². The number of nitrogens with two attached hydrogens (primary N) is 1. The fraction of sp³-hybridized carbons (Fsp3) is 0.600. The lowest BCUT2D eigenvalue weighted by molar-refractivity contribution is 0.128. The molecule has 1 aliphatic rings. The molecule has 2 rings (SSSR count). The van der Waals surface area contributed by atoms with Crippen LogP contribution in [0.2, 0.25) is 0 Å². The van der Waals surface area contributed by atoms with Crippen molar-refractivity contribution in [3.05, 3.63) is 29.3 Å². The molecule has 106 valence electrons. The van der Waals surface area contributed by atoms with E-state index >= 15 is 0 Å². The number of methoxy groups -OCH3 is 1. The fourth-order valence-corrected chi connectivity index (χ4v) is 2.51. The predicted molar refractivity (Wildman–Crippen MR) is 78.1 cm³/mol. The van der Waals surface area contributed by atoms with Gasteiger partial charge in [-0.15, -0.1) is 0 Å². The predicted octanol–water partition coefficient (Wildman–Crippen LogP) is 1.81. The molecule has 1 aromatic rings. The van der Waals surface area contributed by atoms with Crippen LogP contribution in [-0.2, 0) is 6.54 Å². The van der Waals surface area contributed by atoms with Crippen molar-refractivity contribution in [3.63, 3.8) is 0 Å². The molecule has 1 aromatic carbocycles. The Balaban J connectivity index is 2.06. The molecule has 0 bridgehead atoms. The summed E-state index contributed by atoms with van der Waals surface area (Å²) in [6, 6.07) is 6.53. The quantitative estimate of drug-likeness (QED) is 0.841. The van der Waals surface area contributed by atoms with Crippen LogP contribution in [0, 0.1) is 0 Å². The van der Waals surface area contributed by atoms with E-state index in [1.165, 1.54) is 11.1 Å². The zero-order chi connectivity index (χ0) is 13.8. The third kappa shape index (κ3) is 3.69. The Morgan fingerprint density at radius 1 is 1.21 bits per heavy atom. The van der Waals surface area contributed by atoms with Crippen LogP contribution < -0.4 is 10.6 Å². The molecule has 0 spiro atoms. The van der Waals surface area contributed by atoms with Crippen LogP contribution in [0.1, 0.15) is 30.9 Å². The molecular formula is C15H25N3O. The van der Waals surface area contributed by atoms with Crippen LogP contribution in [0.15, 0.2) is 18.2 Å². The summed E-state index contributed by atoms with van der Waals surface area (Å²) < 4.78 is 5.43. The Bertz CT molecular complexity index is 412. The lowest BCUT2D eigenvalue weighted by Gasteiger charge is -2.32. The number of ether oxygens (including phenoxy) is 1. The van der Waals surface area contributed by atoms with Gasteiger partial charge in [-0.1, -0.05) is 26.0 Å². The summed E-state index contributed by atoms with van der Waals surface area (Å²) in [5.74, 6) is 7.26. The number of rotatable bonds is 4. The monoisotopic (exact) mass is 263 g/mol. The highest BCUT2D eigenvalue weighted by atomic mass is 16.5. The van der Waals surface area contributed by atoms with Crippen molar-refractivity contribution in [1.82, 2.24) is 9.91 Å². The normalized spacial score (nSPS) is 17.9. The second-order valence-corrected chi connectivity index (χ2v) is 5.54. The van der Waals surface area contributed by atoms with Gasteiger partial charge < -0.3 is 4.74 Å². The van der Waals surface area contributed by atoms with Crippen molar-refractivity contribution in [2.45, 2.75) is 26.3 Å². The number of hydrogen-bond donors (Lipinski definition) is 1. The van der Waals surface area contributed by atoms with Gasteiger partial charge in [0, 0.05) is 32.7 Å². The standard InChI is InChI=1S/C15H25N3O/c1-12(2)14-10-13(4-5-15(14)19-3)11-17-6-8-18(16)9-7-17/h4-5,10,12H,6-9,11,16H2,1-3H3. The molecule has 0 radical (unpaired) electrons. The van der Waals surface area contributed by atoms with Crippen molar-refractivity contribution < 1.29 is 4.74 Å². The van der Waals surface area contributed by atoms with Crippen LogP contribution in [0.3, 0.4) is 0 Å². The van der Waals surface area contributed by atoms with Crippen molar-refractivity contribution in [2.75, 3.05) is 33.3 Å². The molecule has 0 aliphatic carbocycles. The molecule has 1 fully saturated rings. The summed E-state index contributed by atoms with van der Waals surface area (Å²) in [5.41, 5.74) is 2.65. The number of nitrogens with zero attached hydrogens (tertiary/aromatic N) is 2. The van der Waals surface area contributed by atoms with E-state index in [-0.39, 0.29) is 0 Å². The van der Waals surface area contributed by atoms with Gasteiger partial charge >= 0.3 is 0 Å². The number of piperazine rings is 1. The van der Waals surface area contributed by atoms with Crippen molar-refractivity contribution in [1.29, 1.82) is 0 Å². The smallest absolute Gasteiger partial charge is 0.122 e. The van der Waals surface area contributed by atoms with E-state index in [0.717, 1.165) is 38.5 Å². The molecule has 0 amide bonds. The van der Waals surface area contributed by atoms with Crippen molar-refractivity contribution in [2.24, 2.45) is 5.84 Å². The summed E-state index contributed by atoms with van der Waals surface area (Å²) in [6.07, 6.45) is 0. The lowest BCUT2D eigenvalue weighted by atomic mass is 9.99. The van der Waals surface area contributed by atoms with Gasteiger partial charge in [-0.3, -0.25) is 10.7 Å². The zero-order valence-electron chi connectivity index (χ0n) is 12.2. The van der Waals surface area contributed by atoms with Gasteiger partial charge in [-0.25, -0.2) is 5.01 Å². The Hall–Kier alpha value is -1.10. The second-order valence-electron chi connectivity index (χ2n) is 5.54. The summed E-state index contributed by atoms with van der Waals surface area (Å²) >= 11 is 0. The molecule has 4 nitrogen and oxygen atoms in total. The summed E-state index contributed by atoms with van der Waals surface area (Å²) in [7, 11) is 1.74. The van der Waals surface area contributed by atoms with E-state index in [2.05, 4.69) is 36.9 Å². The highest BCUT2D eigenvalue weighted by molar-refractivity contribution is 5.39. The van der Waals surface area contributed by atoms with E-state index in [9.17, 15) is 0 Å². The maximum atomic E-state index is 5.78. The maximum absolute atomic E-state index is 5.78. The molecule has 0 unspecified atom stereocenters. The number of benzene rings is 1. The summed E-state index contributed by atoms with van der Waals surface area (Å²) in [5, 5.41) is 1.89. The van der Waals surface area contributed by atoms with Gasteiger partial charge in [0.1, 0.15) is 5.75 Å². The van der Waals surface area contributed by atoms with Gasteiger partial charge in [0.2, 0.25) is 0 Å². The fourth-order valence-electron chi connectivity index (χ4n) is 2.51. The third-order valence-electron chi connectivity index (χ3n) is 3.73. The van der Waals surface area contributed by atoms with Gasteiger partial charge in [-0.2, -0.15) is 0 Å². The summed E-state index contributed by atoms with van der Waals surface area (Å²) in [6.45, 7) is 9.39. The average Bonchev–Trinajstić information content (AvgIpc) is 2.41. The largest absolute Gasteiger partial charge is 0.496 e. The Labute approximate surface area is 116 Å². The third-order valence-corrected chi connectivity index (χ3v) is 3.73. The first-order valence-corrected chi connectivity index (χ1v) is 6.99.